The fraction of sp³-hybridized carbons (Fsp3) is 0.222. The third-order valence-corrected chi connectivity index (χ3v) is 2.77. The van der Waals surface area contributed by atoms with Gasteiger partial charge in [0.15, 0.2) is 11.3 Å². The summed E-state index contributed by atoms with van der Waals surface area (Å²) >= 11 is 3.19. The number of halogens is 1. The van der Waals surface area contributed by atoms with Gasteiger partial charge in [-0.2, -0.15) is 5.10 Å². The Balaban J connectivity index is 2.88. The second-order valence-electron chi connectivity index (χ2n) is 3.24. The van der Waals surface area contributed by atoms with Crippen LogP contribution in [0, 0.1) is 13.8 Å². The molecule has 0 spiro atoms. The molecule has 15 heavy (non-hydrogen) atoms. The van der Waals surface area contributed by atoms with Gasteiger partial charge in [-0.3, -0.25) is 0 Å². The van der Waals surface area contributed by atoms with Gasteiger partial charge in [0.2, 0.25) is 0 Å². The molecule has 1 N–H and O–H groups in total. The van der Waals surface area contributed by atoms with Crippen molar-refractivity contribution in [2.45, 2.75) is 13.8 Å². The van der Waals surface area contributed by atoms with Gasteiger partial charge in [0.1, 0.15) is 0 Å². The largest absolute Gasteiger partial charge is 0.476 e. The molecule has 78 valence electrons. The van der Waals surface area contributed by atoms with Gasteiger partial charge in [0.25, 0.3) is 0 Å². The lowest BCUT2D eigenvalue weighted by Gasteiger charge is -1.99. The van der Waals surface area contributed by atoms with Crippen molar-refractivity contribution in [3.8, 4) is 0 Å². The van der Waals surface area contributed by atoms with Crippen LogP contribution in [0.25, 0.3) is 5.65 Å². The van der Waals surface area contributed by atoms with E-state index in [-0.39, 0.29) is 5.69 Å². The summed E-state index contributed by atoms with van der Waals surface area (Å²) in [4.78, 5) is 15.1. The molecule has 2 heterocycles. The number of fused-ring (bicyclic) bond motifs is 1. The van der Waals surface area contributed by atoms with Crippen molar-refractivity contribution in [3.05, 3.63) is 27.6 Å². The number of aryl methyl sites for hydroxylation is 2. The van der Waals surface area contributed by atoms with Crippen LogP contribution in [-0.4, -0.2) is 25.7 Å². The molecule has 0 aliphatic heterocycles. The highest BCUT2D eigenvalue weighted by Crippen LogP contribution is 2.22. The first kappa shape index (κ1) is 10.1. The van der Waals surface area contributed by atoms with Crippen LogP contribution >= 0.6 is 15.9 Å². The molecular formula is C9H8BrN3O2. The van der Waals surface area contributed by atoms with E-state index in [1.807, 2.05) is 19.9 Å². The van der Waals surface area contributed by atoms with Gasteiger partial charge < -0.3 is 5.11 Å². The van der Waals surface area contributed by atoms with E-state index < -0.39 is 5.97 Å². The highest BCUT2D eigenvalue weighted by molar-refractivity contribution is 9.10. The number of carboxylic acids is 1. The molecule has 2 aromatic heterocycles. The Morgan fingerprint density at radius 2 is 2.20 bits per heavy atom. The molecule has 0 bridgehead atoms. The van der Waals surface area contributed by atoms with Crippen molar-refractivity contribution >= 4 is 27.5 Å². The molecule has 0 aliphatic rings. The van der Waals surface area contributed by atoms with Crippen LogP contribution in [0.1, 0.15) is 21.9 Å². The number of aromatic carboxylic acids is 1. The predicted octanol–water partition coefficient (Wildman–Crippen LogP) is 1.81. The lowest BCUT2D eigenvalue weighted by molar-refractivity contribution is 0.0689. The zero-order valence-electron chi connectivity index (χ0n) is 8.15. The first-order valence-electron chi connectivity index (χ1n) is 4.26. The average molecular weight is 270 g/mol. The van der Waals surface area contributed by atoms with E-state index >= 15 is 0 Å². The molecule has 0 fully saturated rings. The van der Waals surface area contributed by atoms with Gasteiger partial charge in [-0.05, 0) is 35.8 Å². The molecule has 0 saturated heterocycles. The molecule has 0 unspecified atom stereocenters. The monoisotopic (exact) mass is 269 g/mol. The van der Waals surface area contributed by atoms with E-state index in [9.17, 15) is 4.79 Å². The van der Waals surface area contributed by atoms with Gasteiger partial charge in [0, 0.05) is 11.4 Å². The normalized spacial score (nSPS) is 10.9. The Hall–Kier alpha value is -1.43. The van der Waals surface area contributed by atoms with Gasteiger partial charge in [-0.1, -0.05) is 0 Å². The maximum absolute atomic E-state index is 10.9. The van der Waals surface area contributed by atoms with E-state index in [1.54, 1.807) is 0 Å². The zero-order valence-corrected chi connectivity index (χ0v) is 9.74. The molecule has 0 aliphatic carbocycles. The second-order valence-corrected chi connectivity index (χ2v) is 4.04. The smallest absolute Gasteiger partial charge is 0.357 e. The van der Waals surface area contributed by atoms with E-state index in [0.717, 1.165) is 11.4 Å². The fourth-order valence-electron chi connectivity index (χ4n) is 1.43. The van der Waals surface area contributed by atoms with Crippen molar-refractivity contribution in [1.29, 1.82) is 0 Å². The summed E-state index contributed by atoms with van der Waals surface area (Å²) in [7, 11) is 0. The van der Waals surface area contributed by atoms with Gasteiger partial charge in [-0.15, -0.1) is 0 Å². The van der Waals surface area contributed by atoms with Gasteiger partial charge >= 0.3 is 5.97 Å². The van der Waals surface area contributed by atoms with Crippen LogP contribution in [0.4, 0.5) is 0 Å². The van der Waals surface area contributed by atoms with Crippen LogP contribution in [0.15, 0.2) is 10.5 Å². The van der Waals surface area contributed by atoms with Crippen molar-refractivity contribution in [1.82, 2.24) is 14.6 Å². The van der Waals surface area contributed by atoms with Crippen molar-refractivity contribution < 1.29 is 9.90 Å². The lowest BCUT2D eigenvalue weighted by atomic mass is 10.3. The number of aromatic nitrogens is 3. The van der Waals surface area contributed by atoms with E-state index in [2.05, 4.69) is 26.0 Å². The molecule has 5 nitrogen and oxygen atoms in total. The summed E-state index contributed by atoms with van der Waals surface area (Å²) in [5.41, 5.74) is 2.20. The summed E-state index contributed by atoms with van der Waals surface area (Å²) in [6.45, 7) is 3.71. The third kappa shape index (κ3) is 1.50. The molecule has 2 rings (SSSR count). The zero-order chi connectivity index (χ0) is 11.2. The van der Waals surface area contributed by atoms with Crippen LogP contribution in [0.5, 0.6) is 0 Å². The minimum atomic E-state index is -1.07. The molecule has 0 radical (unpaired) electrons. The van der Waals surface area contributed by atoms with Gasteiger partial charge in [0.05, 0.1) is 4.47 Å². The van der Waals surface area contributed by atoms with Crippen molar-refractivity contribution in [2.24, 2.45) is 0 Å². The Labute approximate surface area is 93.9 Å². The number of carboxylic acid groups (broad SMARTS) is 1. The Kier molecular flexibility index (Phi) is 2.22. The SMILES string of the molecule is Cc1cc(C)n2nc(C(=O)O)c(Br)c2n1. The van der Waals surface area contributed by atoms with Crippen LogP contribution in [-0.2, 0) is 0 Å². The van der Waals surface area contributed by atoms with E-state index in [0.29, 0.717) is 10.1 Å². The lowest BCUT2D eigenvalue weighted by Crippen LogP contribution is -2.00. The maximum Gasteiger partial charge on any atom is 0.357 e. The Morgan fingerprint density at radius 3 is 2.80 bits per heavy atom. The van der Waals surface area contributed by atoms with Gasteiger partial charge in [-0.25, -0.2) is 14.3 Å². The van der Waals surface area contributed by atoms with E-state index in [1.165, 1.54) is 4.52 Å². The number of carbonyl (C=O) groups is 1. The first-order valence-corrected chi connectivity index (χ1v) is 5.06. The standard InChI is InChI=1S/C9H8BrN3O2/c1-4-3-5(2)13-8(11-4)6(10)7(12-13)9(14)15/h3H,1-2H3,(H,14,15). The minimum absolute atomic E-state index is 0.0174. The Bertz CT molecular complexity index is 562. The maximum atomic E-state index is 10.9. The fourth-order valence-corrected chi connectivity index (χ4v) is 1.94. The molecule has 0 atom stereocenters. The van der Waals surface area contributed by atoms with Crippen LogP contribution in [0.3, 0.4) is 0 Å². The molecular weight excluding hydrogens is 262 g/mol. The number of hydrogen-bond acceptors (Lipinski definition) is 3. The highest BCUT2D eigenvalue weighted by atomic mass is 79.9. The second kappa shape index (κ2) is 3.30. The van der Waals surface area contributed by atoms with Crippen LogP contribution < -0.4 is 0 Å². The Morgan fingerprint density at radius 1 is 1.53 bits per heavy atom. The summed E-state index contributed by atoms with van der Waals surface area (Å²) in [5.74, 6) is -1.07. The summed E-state index contributed by atoms with van der Waals surface area (Å²) in [6, 6.07) is 1.85. The molecule has 0 aromatic carbocycles. The first-order chi connectivity index (χ1) is 7.00. The molecule has 6 heteroatoms. The molecule has 2 aromatic rings. The summed E-state index contributed by atoms with van der Waals surface area (Å²) < 4.78 is 1.93. The summed E-state index contributed by atoms with van der Waals surface area (Å²) in [6.07, 6.45) is 0. The highest BCUT2D eigenvalue weighted by Gasteiger charge is 2.18. The number of rotatable bonds is 1. The number of hydrogen-bond donors (Lipinski definition) is 1. The van der Waals surface area contributed by atoms with Crippen molar-refractivity contribution in [3.63, 3.8) is 0 Å². The third-order valence-electron chi connectivity index (χ3n) is 2.04. The summed E-state index contributed by atoms with van der Waals surface area (Å²) in [5, 5.41) is 12.9. The minimum Gasteiger partial charge on any atom is -0.476 e. The average Bonchev–Trinajstić information content (AvgIpc) is 2.44. The topological polar surface area (TPSA) is 67.5 Å². The van der Waals surface area contributed by atoms with E-state index in [4.69, 9.17) is 5.11 Å². The molecule has 0 amide bonds. The number of nitrogens with zero attached hydrogens (tertiary/aromatic N) is 3. The quantitative estimate of drug-likeness (QED) is 0.858. The van der Waals surface area contributed by atoms with Crippen molar-refractivity contribution in [2.75, 3.05) is 0 Å². The molecule has 0 saturated carbocycles. The van der Waals surface area contributed by atoms with Crippen LogP contribution in [0.2, 0.25) is 0 Å². The predicted molar refractivity (Wildman–Crippen MR) is 57.1 cm³/mol.